The number of carboxylic acids is 1. The van der Waals surface area contributed by atoms with E-state index in [9.17, 15) is 13.2 Å². The number of aromatic carboxylic acids is 1. The number of hydrogen-bond donors (Lipinski definition) is 3. The van der Waals surface area contributed by atoms with Crippen LogP contribution in [0.3, 0.4) is 0 Å². The zero-order chi connectivity index (χ0) is 12.3. The van der Waals surface area contributed by atoms with Gasteiger partial charge in [-0.1, -0.05) is 0 Å². The molecule has 0 aliphatic carbocycles. The van der Waals surface area contributed by atoms with E-state index in [4.69, 9.17) is 10.2 Å². The van der Waals surface area contributed by atoms with Crippen molar-refractivity contribution in [3.05, 3.63) is 11.2 Å². The van der Waals surface area contributed by atoms with Crippen molar-refractivity contribution in [2.45, 2.75) is 17.2 Å². The molecule has 0 aliphatic rings. The van der Waals surface area contributed by atoms with Crippen molar-refractivity contribution >= 4 is 27.3 Å². The van der Waals surface area contributed by atoms with Crippen LogP contribution in [0.2, 0.25) is 0 Å². The lowest BCUT2D eigenvalue weighted by molar-refractivity contribution is 0.0687. The van der Waals surface area contributed by atoms with Crippen molar-refractivity contribution in [2.75, 3.05) is 6.54 Å². The van der Waals surface area contributed by atoms with Gasteiger partial charge in [0.15, 0.2) is 9.90 Å². The number of sulfonamides is 1. The molecule has 1 heterocycles. The van der Waals surface area contributed by atoms with Crippen LogP contribution in [-0.2, 0) is 10.0 Å². The summed E-state index contributed by atoms with van der Waals surface area (Å²) in [6.45, 7) is 1.23. The first-order chi connectivity index (χ1) is 7.34. The summed E-state index contributed by atoms with van der Waals surface area (Å²) in [6, 6.07) is 0. The van der Waals surface area contributed by atoms with Crippen LogP contribution in [-0.4, -0.2) is 42.2 Å². The molecule has 1 rings (SSSR count). The van der Waals surface area contributed by atoms with Gasteiger partial charge in [0.1, 0.15) is 0 Å². The van der Waals surface area contributed by atoms with Crippen molar-refractivity contribution in [3.8, 4) is 0 Å². The Balaban J connectivity index is 2.99. The van der Waals surface area contributed by atoms with E-state index in [0.717, 1.165) is 5.51 Å². The number of rotatable bonds is 5. The lowest BCUT2D eigenvalue weighted by Crippen LogP contribution is -2.31. The molecule has 0 unspecified atom stereocenters. The van der Waals surface area contributed by atoms with E-state index in [-0.39, 0.29) is 10.8 Å². The van der Waals surface area contributed by atoms with E-state index in [1.54, 1.807) is 0 Å². The maximum atomic E-state index is 11.6. The van der Waals surface area contributed by atoms with Gasteiger partial charge in [-0.25, -0.2) is 22.9 Å². The minimum Gasteiger partial charge on any atom is -0.476 e. The van der Waals surface area contributed by atoms with Gasteiger partial charge in [-0.2, -0.15) is 0 Å². The minimum absolute atomic E-state index is 0.181. The van der Waals surface area contributed by atoms with Gasteiger partial charge in [0.05, 0.1) is 11.6 Å². The van der Waals surface area contributed by atoms with Gasteiger partial charge in [-0.15, -0.1) is 11.3 Å². The zero-order valence-electron chi connectivity index (χ0n) is 8.24. The Kier molecular flexibility index (Phi) is 3.97. The Morgan fingerprint density at radius 1 is 1.69 bits per heavy atom. The fourth-order valence-electron chi connectivity index (χ4n) is 0.864. The summed E-state index contributed by atoms with van der Waals surface area (Å²) in [5.41, 5.74) is 0.628. The van der Waals surface area contributed by atoms with Crippen molar-refractivity contribution in [1.29, 1.82) is 0 Å². The predicted octanol–water partition coefficient (Wildman–Crippen LogP) is -0.500. The number of nitrogens with one attached hydrogen (secondary N) is 1. The fourth-order valence-corrected chi connectivity index (χ4v) is 3.17. The highest BCUT2D eigenvalue weighted by Crippen LogP contribution is 2.19. The van der Waals surface area contributed by atoms with Crippen LogP contribution in [0.5, 0.6) is 0 Å². The van der Waals surface area contributed by atoms with E-state index in [1.165, 1.54) is 6.92 Å². The van der Waals surface area contributed by atoms with Gasteiger partial charge in [-0.3, -0.25) is 0 Å². The molecule has 0 spiro atoms. The van der Waals surface area contributed by atoms with Crippen molar-refractivity contribution in [2.24, 2.45) is 0 Å². The highest BCUT2D eigenvalue weighted by Gasteiger charge is 2.25. The first kappa shape index (κ1) is 13.0. The summed E-state index contributed by atoms with van der Waals surface area (Å²) in [6.07, 6.45) is -0.851. The van der Waals surface area contributed by atoms with Crippen LogP contribution in [0.1, 0.15) is 17.4 Å². The second kappa shape index (κ2) is 4.87. The third-order valence-electron chi connectivity index (χ3n) is 1.55. The number of hydrogen-bond acceptors (Lipinski definition) is 6. The van der Waals surface area contributed by atoms with Crippen LogP contribution in [0.15, 0.2) is 9.72 Å². The largest absolute Gasteiger partial charge is 0.476 e. The van der Waals surface area contributed by atoms with Gasteiger partial charge in [0.25, 0.3) is 10.0 Å². The van der Waals surface area contributed by atoms with E-state index in [2.05, 4.69) is 9.71 Å². The molecular formula is C7H10N2O5S2. The van der Waals surface area contributed by atoms with Crippen LogP contribution in [0.25, 0.3) is 0 Å². The van der Waals surface area contributed by atoms with Crippen molar-refractivity contribution in [1.82, 2.24) is 9.71 Å². The molecule has 0 aliphatic heterocycles. The molecule has 16 heavy (non-hydrogen) atoms. The van der Waals surface area contributed by atoms with Crippen LogP contribution in [0, 0.1) is 0 Å². The molecule has 0 bridgehead atoms. The Bertz CT molecular complexity index is 479. The Morgan fingerprint density at radius 2 is 2.31 bits per heavy atom. The second-order valence-corrected chi connectivity index (χ2v) is 5.81. The molecule has 0 amide bonds. The number of nitrogens with zero attached hydrogens (tertiary/aromatic N) is 1. The average molecular weight is 266 g/mol. The topological polar surface area (TPSA) is 117 Å². The first-order valence-electron chi connectivity index (χ1n) is 4.19. The molecule has 0 saturated heterocycles. The van der Waals surface area contributed by atoms with E-state index >= 15 is 0 Å². The standard InChI is InChI=1S/C7H10N2O5S2/c1-4(10)2-9-16(13,14)7-5(6(11)12)8-3-15-7/h3-4,9-10H,2H2,1H3,(H,11,12)/t4-/m0/s1. The normalized spacial score (nSPS) is 13.6. The van der Waals surface area contributed by atoms with Crippen LogP contribution >= 0.6 is 11.3 Å². The lowest BCUT2D eigenvalue weighted by atomic mass is 10.4. The van der Waals surface area contributed by atoms with Gasteiger partial charge in [0.2, 0.25) is 0 Å². The molecule has 1 aromatic rings. The smallest absolute Gasteiger partial charge is 0.356 e. The third-order valence-corrected chi connectivity index (χ3v) is 4.34. The van der Waals surface area contributed by atoms with Gasteiger partial charge in [-0.05, 0) is 6.92 Å². The van der Waals surface area contributed by atoms with E-state index in [1.807, 2.05) is 0 Å². The van der Waals surface area contributed by atoms with E-state index in [0.29, 0.717) is 11.3 Å². The van der Waals surface area contributed by atoms with Crippen molar-refractivity contribution < 1.29 is 23.4 Å². The summed E-state index contributed by atoms with van der Waals surface area (Å²) in [4.78, 5) is 14.1. The van der Waals surface area contributed by atoms with Gasteiger partial charge < -0.3 is 10.2 Å². The summed E-state index contributed by atoms with van der Waals surface area (Å²) in [5.74, 6) is -1.40. The minimum atomic E-state index is -3.92. The number of aromatic nitrogens is 1. The Hall–Kier alpha value is -1.03. The van der Waals surface area contributed by atoms with Crippen molar-refractivity contribution in [3.63, 3.8) is 0 Å². The quantitative estimate of drug-likeness (QED) is 0.661. The molecule has 0 aromatic carbocycles. The summed E-state index contributed by atoms with van der Waals surface area (Å²) >= 11 is 0.712. The summed E-state index contributed by atoms with van der Waals surface area (Å²) < 4.78 is 24.9. The zero-order valence-corrected chi connectivity index (χ0v) is 9.88. The maximum absolute atomic E-state index is 11.6. The maximum Gasteiger partial charge on any atom is 0.356 e. The van der Waals surface area contributed by atoms with Gasteiger partial charge in [0, 0.05) is 6.54 Å². The highest BCUT2D eigenvalue weighted by atomic mass is 32.2. The monoisotopic (exact) mass is 266 g/mol. The average Bonchev–Trinajstić information content (AvgIpc) is 2.63. The van der Waals surface area contributed by atoms with E-state index < -0.39 is 27.8 Å². The van der Waals surface area contributed by atoms with Gasteiger partial charge >= 0.3 is 5.97 Å². The molecule has 3 N–H and O–H groups in total. The summed E-state index contributed by atoms with van der Waals surface area (Å²) in [5, 5.41) is 17.6. The Labute approximate surface area is 95.8 Å². The molecule has 0 saturated carbocycles. The SMILES string of the molecule is C[C@H](O)CNS(=O)(=O)c1scnc1C(=O)O. The molecular weight excluding hydrogens is 256 g/mol. The molecule has 1 aromatic heterocycles. The molecule has 1 atom stereocenters. The van der Waals surface area contributed by atoms with Crippen LogP contribution in [0.4, 0.5) is 0 Å². The number of aliphatic hydroxyl groups is 1. The molecule has 0 fully saturated rings. The molecule has 9 heteroatoms. The first-order valence-corrected chi connectivity index (χ1v) is 6.55. The summed E-state index contributed by atoms with van der Waals surface area (Å²) in [7, 11) is -3.92. The predicted molar refractivity (Wildman–Crippen MR) is 55.9 cm³/mol. The molecule has 0 radical (unpaired) electrons. The fraction of sp³-hybridized carbons (Fsp3) is 0.429. The van der Waals surface area contributed by atoms with Crippen LogP contribution < -0.4 is 4.72 Å². The number of carboxylic acid groups (broad SMARTS) is 1. The second-order valence-electron chi connectivity index (χ2n) is 2.99. The Morgan fingerprint density at radius 3 is 2.81 bits per heavy atom. The lowest BCUT2D eigenvalue weighted by Gasteiger charge is -2.06. The third kappa shape index (κ3) is 2.98. The molecule has 90 valence electrons. The number of carbonyl (C=O) groups is 1. The molecule has 7 nitrogen and oxygen atoms in total. The number of aliphatic hydroxyl groups excluding tert-OH is 1. The number of thiazole rings is 1. The highest BCUT2D eigenvalue weighted by molar-refractivity contribution is 7.91.